The number of carboxylic acid groups (broad SMARTS) is 1. The Labute approximate surface area is 117 Å². The summed E-state index contributed by atoms with van der Waals surface area (Å²) >= 11 is 0. The standard InChI is InChI=1S/C9H18O2.C6H12O2/c1-6-9(4,5)8(10)11-7(2)3;1-3-5(4-2)6(7)8/h7H,6H2,1-5H3;5H,3-4H2,1-2H3,(H,7,8). The van der Waals surface area contributed by atoms with Crippen LogP contribution >= 0.6 is 0 Å². The molecule has 0 aromatic heterocycles. The molecule has 0 amide bonds. The second-order valence-corrected chi connectivity index (χ2v) is 5.54. The molecule has 0 aromatic rings. The Hall–Kier alpha value is -1.06. The van der Waals surface area contributed by atoms with Gasteiger partial charge in [-0.1, -0.05) is 20.8 Å². The summed E-state index contributed by atoms with van der Waals surface area (Å²) in [7, 11) is 0. The van der Waals surface area contributed by atoms with Crippen LogP contribution in [0.25, 0.3) is 0 Å². The summed E-state index contributed by atoms with van der Waals surface area (Å²) in [6.45, 7) is 13.3. The van der Waals surface area contributed by atoms with E-state index in [-0.39, 0.29) is 23.4 Å². The topological polar surface area (TPSA) is 63.6 Å². The van der Waals surface area contributed by atoms with Crippen molar-refractivity contribution in [3.8, 4) is 0 Å². The molecule has 0 rings (SSSR count). The van der Waals surface area contributed by atoms with Crippen LogP contribution in [0, 0.1) is 11.3 Å². The van der Waals surface area contributed by atoms with E-state index < -0.39 is 5.97 Å². The largest absolute Gasteiger partial charge is 0.481 e. The fourth-order valence-corrected chi connectivity index (χ4v) is 1.16. The zero-order valence-corrected chi connectivity index (χ0v) is 13.4. The molecule has 0 aliphatic rings. The molecule has 114 valence electrons. The molecule has 0 saturated heterocycles. The van der Waals surface area contributed by atoms with Crippen LogP contribution in [0.15, 0.2) is 0 Å². The maximum atomic E-state index is 11.3. The first kappa shape index (κ1) is 20.3. The van der Waals surface area contributed by atoms with Gasteiger partial charge in [0.15, 0.2) is 0 Å². The van der Waals surface area contributed by atoms with Gasteiger partial charge in [-0.25, -0.2) is 0 Å². The molecular weight excluding hydrogens is 244 g/mol. The van der Waals surface area contributed by atoms with Crippen LogP contribution in [0.1, 0.15) is 67.7 Å². The third kappa shape index (κ3) is 9.51. The van der Waals surface area contributed by atoms with Crippen molar-refractivity contribution in [3.05, 3.63) is 0 Å². The van der Waals surface area contributed by atoms with Crippen molar-refractivity contribution in [2.45, 2.75) is 73.8 Å². The number of esters is 1. The number of ether oxygens (including phenoxy) is 1. The predicted octanol–water partition coefficient (Wildman–Crippen LogP) is 3.88. The Morgan fingerprint density at radius 1 is 1.11 bits per heavy atom. The van der Waals surface area contributed by atoms with Crippen molar-refractivity contribution in [1.29, 1.82) is 0 Å². The first-order chi connectivity index (χ1) is 8.62. The predicted molar refractivity (Wildman–Crippen MR) is 77.0 cm³/mol. The average Bonchev–Trinajstić information content (AvgIpc) is 2.30. The van der Waals surface area contributed by atoms with E-state index in [1.165, 1.54) is 0 Å². The first-order valence-corrected chi connectivity index (χ1v) is 7.06. The fraction of sp³-hybridized carbons (Fsp3) is 0.867. The van der Waals surface area contributed by atoms with E-state index in [9.17, 15) is 9.59 Å². The van der Waals surface area contributed by atoms with E-state index >= 15 is 0 Å². The number of carbonyl (C=O) groups is 2. The van der Waals surface area contributed by atoms with Gasteiger partial charge in [-0.2, -0.15) is 0 Å². The SMILES string of the molecule is CCC(C)(C)C(=O)OC(C)C.CCC(CC)C(=O)O. The Morgan fingerprint density at radius 3 is 1.68 bits per heavy atom. The van der Waals surface area contributed by atoms with Crippen molar-refractivity contribution in [2.75, 3.05) is 0 Å². The monoisotopic (exact) mass is 274 g/mol. The second kappa shape index (κ2) is 9.82. The van der Waals surface area contributed by atoms with Gasteiger partial charge in [0.05, 0.1) is 17.4 Å². The van der Waals surface area contributed by atoms with Crippen molar-refractivity contribution in [3.63, 3.8) is 0 Å². The van der Waals surface area contributed by atoms with Crippen LogP contribution in [0.2, 0.25) is 0 Å². The summed E-state index contributed by atoms with van der Waals surface area (Å²) in [5.41, 5.74) is -0.329. The summed E-state index contributed by atoms with van der Waals surface area (Å²) in [6, 6.07) is 0. The van der Waals surface area contributed by atoms with Gasteiger partial charge in [0.25, 0.3) is 0 Å². The van der Waals surface area contributed by atoms with Crippen molar-refractivity contribution in [1.82, 2.24) is 0 Å². The molecule has 0 atom stereocenters. The molecule has 0 saturated carbocycles. The lowest BCUT2D eigenvalue weighted by Crippen LogP contribution is -2.28. The molecule has 1 N–H and O–H groups in total. The molecule has 0 aliphatic heterocycles. The number of rotatable bonds is 6. The van der Waals surface area contributed by atoms with E-state index in [1.54, 1.807) is 0 Å². The highest BCUT2D eigenvalue weighted by Crippen LogP contribution is 2.21. The van der Waals surface area contributed by atoms with Gasteiger partial charge in [-0.05, 0) is 47.0 Å². The van der Waals surface area contributed by atoms with E-state index in [1.807, 2.05) is 48.5 Å². The molecule has 4 heteroatoms. The van der Waals surface area contributed by atoms with Crippen molar-refractivity contribution in [2.24, 2.45) is 11.3 Å². The van der Waals surface area contributed by atoms with E-state index in [0.29, 0.717) is 0 Å². The summed E-state index contributed by atoms with van der Waals surface area (Å²) < 4.78 is 5.07. The minimum absolute atomic E-state index is 0.00618. The van der Waals surface area contributed by atoms with Gasteiger partial charge >= 0.3 is 11.9 Å². The zero-order chi connectivity index (χ0) is 15.6. The number of hydrogen-bond donors (Lipinski definition) is 1. The smallest absolute Gasteiger partial charge is 0.311 e. The van der Waals surface area contributed by atoms with E-state index in [2.05, 4.69) is 0 Å². The lowest BCUT2D eigenvalue weighted by atomic mass is 9.91. The van der Waals surface area contributed by atoms with Gasteiger partial charge < -0.3 is 9.84 Å². The lowest BCUT2D eigenvalue weighted by molar-refractivity contribution is -0.158. The molecule has 0 heterocycles. The summed E-state index contributed by atoms with van der Waals surface area (Å²) in [5.74, 6) is -0.903. The number of hydrogen-bond acceptors (Lipinski definition) is 3. The third-order valence-corrected chi connectivity index (χ3v) is 3.11. The minimum Gasteiger partial charge on any atom is -0.481 e. The number of carboxylic acids is 1. The quantitative estimate of drug-likeness (QED) is 0.746. The normalized spacial score (nSPS) is 11.0. The van der Waals surface area contributed by atoms with Crippen LogP contribution in [0.3, 0.4) is 0 Å². The van der Waals surface area contributed by atoms with Crippen LogP contribution in [0.4, 0.5) is 0 Å². The lowest BCUT2D eigenvalue weighted by Gasteiger charge is -2.21. The van der Waals surface area contributed by atoms with Crippen molar-refractivity contribution >= 4 is 11.9 Å². The van der Waals surface area contributed by atoms with Crippen LogP contribution in [-0.4, -0.2) is 23.1 Å². The van der Waals surface area contributed by atoms with E-state index in [0.717, 1.165) is 19.3 Å². The van der Waals surface area contributed by atoms with Crippen LogP contribution in [0.5, 0.6) is 0 Å². The molecule has 0 unspecified atom stereocenters. The number of aliphatic carboxylic acids is 1. The average molecular weight is 274 g/mol. The summed E-state index contributed by atoms with van der Waals surface area (Å²) in [4.78, 5) is 21.4. The fourth-order valence-electron chi connectivity index (χ4n) is 1.16. The van der Waals surface area contributed by atoms with Crippen LogP contribution < -0.4 is 0 Å². The zero-order valence-electron chi connectivity index (χ0n) is 13.4. The Balaban J connectivity index is 0. The molecule has 4 nitrogen and oxygen atoms in total. The first-order valence-electron chi connectivity index (χ1n) is 7.06. The van der Waals surface area contributed by atoms with Gasteiger partial charge in [0.2, 0.25) is 0 Å². The molecule has 0 fully saturated rings. The maximum absolute atomic E-state index is 11.3. The minimum atomic E-state index is -0.671. The Kier molecular flexibility index (Phi) is 10.5. The van der Waals surface area contributed by atoms with E-state index in [4.69, 9.17) is 9.84 Å². The highest BCUT2D eigenvalue weighted by molar-refractivity contribution is 5.75. The second-order valence-electron chi connectivity index (χ2n) is 5.54. The maximum Gasteiger partial charge on any atom is 0.311 e. The highest BCUT2D eigenvalue weighted by atomic mass is 16.5. The molecule has 0 spiro atoms. The van der Waals surface area contributed by atoms with Gasteiger partial charge in [0.1, 0.15) is 0 Å². The molecule has 19 heavy (non-hydrogen) atoms. The summed E-state index contributed by atoms with van der Waals surface area (Å²) in [6.07, 6.45) is 2.30. The van der Waals surface area contributed by atoms with Crippen molar-refractivity contribution < 1.29 is 19.4 Å². The molecule has 0 radical (unpaired) electrons. The van der Waals surface area contributed by atoms with Gasteiger partial charge in [-0.15, -0.1) is 0 Å². The molecular formula is C15H30O4. The van der Waals surface area contributed by atoms with Crippen LogP contribution in [-0.2, 0) is 14.3 Å². The number of carbonyl (C=O) groups excluding carboxylic acids is 1. The molecule has 0 aromatic carbocycles. The summed E-state index contributed by atoms with van der Waals surface area (Å²) in [5, 5.41) is 8.37. The third-order valence-electron chi connectivity index (χ3n) is 3.11. The van der Waals surface area contributed by atoms with Gasteiger partial charge in [-0.3, -0.25) is 9.59 Å². The highest BCUT2D eigenvalue weighted by Gasteiger charge is 2.27. The molecule has 0 bridgehead atoms. The Morgan fingerprint density at radius 2 is 1.53 bits per heavy atom. The van der Waals surface area contributed by atoms with Gasteiger partial charge in [0, 0.05) is 0 Å². The Bertz CT molecular complexity index is 265. The molecule has 0 aliphatic carbocycles.